The van der Waals surface area contributed by atoms with Gasteiger partial charge >= 0.3 is 0 Å². The summed E-state index contributed by atoms with van der Waals surface area (Å²) in [7, 11) is 1.59. The maximum absolute atomic E-state index is 14.6. The van der Waals surface area contributed by atoms with Crippen molar-refractivity contribution < 1.29 is 24.2 Å². The van der Waals surface area contributed by atoms with Gasteiger partial charge in [-0.2, -0.15) is 0 Å². The number of hydrogen-bond donors (Lipinski definition) is 1. The van der Waals surface area contributed by atoms with E-state index < -0.39 is 28.7 Å². The summed E-state index contributed by atoms with van der Waals surface area (Å²) in [5, 5.41) is 10.3. The molecule has 2 unspecified atom stereocenters. The van der Waals surface area contributed by atoms with E-state index in [1.165, 1.54) is 0 Å². The standard InChI is InChI=1S/C30H41N3O5S/c1-6-16-31(17-7-2)27(35)24-23-14-15-30(39-23)25(24)28(36)33(20(9-4)19-34)26(30)29(37)32(18-8-3)21-10-12-22(38-5)13-11-21/h6,8,10-13,20,23-26,34H,1,3,7,9,14-19H2,2,4-5H3/t20-,23-,24+,25-,26?,30?/m0/s1. The minimum atomic E-state index is -0.791. The van der Waals surface area contributed by atoms with E-state index in [2.05, 4.69) is 13.2 Å². The number of hydrogen-bond acceptors (Lipinski definition) is 6. The van der Waals surface area contributed by atoms with Gasteiger partial charge in [-0.15, -0.1) is 24.9 Å². The Kier molecular flexibility index (Phi) is 9.11. The molecule has 0 radical (unpaired) electrons. The molecule has 3 amide bonds. The second kappa shape index (κ2) is 12.2. The van der Waals surface area contributed by atoms with Crippen molar-refractivity contribution in [3.8, 4) is 5.75 Å². The zero-order valence-corrected chi connectivity index (χ0v) is 24.1. The number of nitrogens with zero attached hydrogens (tertiary/aromatic N) is 3. The summed E-state index contributed by atoms with van der Waals surface area (Å²) in [6, 6.07) is 5.94. The fourth-order valence-electron chi connectivity index (χ4n) is 6.75. The largest absolute Gasteiger partial charge is 0.497 e. The van der Waals surface area contributed by atoms with Gasteiger partial charge < -0.3 is 24.5 Å². The molecular formula is C30H41N3O5S. The number of carbonyl (C=O) groups excluding carboxylic acids is 3. The van der Waals surface area contributed by atoms with Crippen LogP contribution in [0.1, 0.15) is 39.5 Å². The van der Waals surface area contributed by atoms with Crippen molar-refractivity contribution in [2.24, 2.45) is 11.8 Å². The van der Waals surface area contributed by atoms with Gasteiger partial charge in [0.15, 0.2) is 0 Å². The van der Waals surface area contributed by atoms with Crippen molar-refractivity contribution in [1.29, 1.82) is 0 Å². The third-order valence-corrected chi connectivity index (χ3v) is 10.4. The maximum atomic E-state index is 14.6. The van der Waals surface area contributed by atoms with Crippen molar-refractivity contribution in [1.82, 2.24) is 9.80 Å². The van der Waals surface area contributed by atoms with E-state index in [1.54, 1.807) is 57.9 Å². The van der Waals surface area contributed by atoms with Crippen molar-refractivity contribution >= 4 is 35.2 Å². The van der Waals surface area contributed by atoms with Crippen LogP contribution in [0.25, 0.3) is 0 Å². The first-order chi connectivity index (χ1) is 18.8. The Morgan fingerprint density at radius 3 is 2.46 bits per heavy atom. The highest BCUT2D eigenvalue weighted by atomic mass is 32.2. The van der Waals surface area contributed by atoms with Gasteiger partial charge in [0.25, 0.3) is 5.91 Å². The summed E-state index contributed by atoms with van der Waals surface area (Å²) in [5.41, 5.74) is 0.676. The molecule has 9 heteroatoms. The van der Waals surface area contributed by atoms with E-state index >= 15 is 0 Å². The molecule has 39 heavy (non-hydrogen) atoms. The van der Waals surface area contributed by atoms with Crippen molar-refractivity contribution in [2.45, 2.75) is 61.6 Å². The van der Waals surface area contributed by atoms with Crippen LogP contribution in [-0.2, 0) is 14.4 Å². The topological polar surface area (TPSA) is 90.4 Å². The fourth-order valence-corrected chi connectivity index (χ4v) is 8.94. The van der Waals surface area contributed by atoms with Crippen molar-refractivity contribution in [3.63, 3.8) is 0 Å². The Morgan fingerprint density at radius 1 is 1.21 bits per heavy atom. The maximum Gasteiger partial charge on any atom is 0.251 e. The smallest absolute Gasteiger partial charge is 0.251 e. The number of likely N-dealkylation sites (tertiary alicyclic amines) is 1. The first-order valence-corrected chi connectivity index (χ1v) is 14.8. The SMILES string of the molecule is C=CCN(CCC)C(=O)[C@@H]1[C@@H]2CCC3(S2)C(C(=O)N(CC=C)c2ccc(OC)cc2)N([C@@H](CC)CO)C(=O)[C@H]13. The molecule has 6 atom stereocenters. The van der Waals surface area contributed by atoms with Gasteiger partial charge in [-0.05, 0) is 49.9 Å². The zero-order chi connectivity index (χ0) is 28.3. The van der Waals surface area contributed by atoms with Gasteiger partial charge in [0.05, 0.1) is 36.3 Å². The molecule has 0 aromatic heterocycles. The normalized spacial score (nSPS) is 27.7. The molecule has 1 aromatic rings. The number of aliphatic hydroxyl groups is 1. The Bertz CT molecular complexity index is 1090. The minimum Gasteiger partial charge on any atom is -0.497 e. The third kappa shape index (κ3) is 4.88. The summed E-state index contributed by atoms with van der Waals surface area (Å²) in [5.74, 6) is -0.847. The quantitative estimate of drug-likeness (QED) is 0.375. The molecule has 2 bridgehead atoms. The molecule has 3 aliphatic rings. The Labute approximate surface area is 236 Å². The predicted octanol–water partition coefficient (Wildman–Crippen LogP) is 3.50. The molecule has 1 spiro atoms. The minimum absolute atomic E-state index is 0.0175. The lowest BCUT2D eigenvalue weighted by atomic mass is 9.70. The number of rotatable bonds is 13. The van der Waals surface area contributed by atoms with Gasteiger partial charge in [-0.25, -0.2) is 0 Å². The molecule has 8 nitrogen and oxygen atoms in total. The van der Waals surface area contributed by atoms with E-state index in [-0.39, 0.29) is 36.1 Å². The Morgan fingerprint density at radius 2 is 1.90 bits per heavy atom. The van der Waals surface area contributed by atoms with Crippen LogP contribution >= 0.6 is 11.8 Å². The average molecular weight is 556 g/mol. The van der Waals surface area contributed by atoms with E-state index in [0.717, 1.165) is 12.8 Å². The fraction of sp³-hybridized carbons (Fsp3) is 0.567. The second-order valence-electron chi connectivity index (χ2n) is 10.6. The Hall–Kier alpha value is -2.78. The highest BCUT2D eigenvalue weighted by molar-refractivity contribution is 8.02. The molecule has 0 saturated carbocycles. The lowest BCUT2D eigenvalue weighted by Crippen LogP contribution is -2.57. The average Bonchev–Trinajstić information content (AvgIpc) is 3.59. The third-order valence-electron chi connectivity index (χ3n) is 8.45. The van der Waals surface area contributed by atoms with Gasteiger partial charge in [0.2, 0.25) is 11.8 Å². The molecule has 1 aromatic carbocycles. The summed E-state index contributed by atoms with van der Waals surface area (Å²) in [6.07, 6.45) is 6.16. The van der Waals surface area contributed by atoms with Crippen LogP contribution in [0.15, 0.2) is 49.6 Å². The number of benzene rings is 1. The van der Waals surface area contributed by atoms with Crippen molar-refractivity contribution in [2.75, 3.05) is 38.3 Å². The van der Waals surface area contributed by atoms with E-state index in [9.17, 15) is 19.5 Å². The second-order valence-corrected chi connectivity index (χ2v) is 12.2. The van der Waals surface area contributed by atoms with Gasteiger partial charge in [-0.3, -0.25) is 14.4 Å². The number of amides is 3. The Balaban J connectivity index is 1.78. The van der Waals surface area contributed by atoms with Gasteiger partial charge in [-0.1, -0.05) is 26.0 Å². The molecule has 1 N–H and O–H groups in total. The first-order valence-electron chi connectivity index (χ1n) is 13.9. The molecule has 0 aliphatic carbocycles. The van der Waals surface area contributed by atoms with E-state index in [0.29, 0.717) is 37.4 Å². The van der Waals surface area contributed by atoms with Crippen LogP contribution in [0.5, 0.6) is 5.75 Å². The lowest BCUT2D eigenvalue weighted by molar-refractivity contribution is -0.145. The molecule has 4 rings (SSSR count). The number of fused-ring (bicyclic) bond motifs is 1. The summed E-state index contributed by atoms with van der Waals surface area (Å²) in [6.45, 7) is 12.7. The number of methoxy groups -OCH3 is 1. The van der Waals surface area contributed by atoms with Crippen LogP contribution in [0.4, 0.5) is 5.69 Å². The number of aliphatic hydroxyl groups excluding tert-OH is 1. The first kappa shape index (κ1) is 29.2. The summed E-state index contributed by atoms with van der Waals surface area (Å²) >= 11 is 1.65. The van der Waals surface area contributed by atoms with E-state index in [4.69, 9.17) is 4.74 Å². The molecule has 3 aliphatic heterocycles. The lowest BCUT2D eigenvalue weighted by Gasteiger charge is -2.39. The van der Waals surface area contributed by atoms with Crippen LogP contribution in [-0.4, -0.2) is 88.1 Å². The van der Waals surface area contributed by atoms with Crippen molar-refractivity contribution in [3.05, 3.63) is 49.6 Å². The van der Waals surface area contributed by atoms with Crippen LogP contribution in [0.2, 0.25) is 0 Å². The summed E-state index contributed by atoms with van der Waals surface area (Å²) < 4.78 is 4.57. The predicted molar refractivity (Wildman–Crippen MR) is 155 cm³/mol. The zero-order valence-electron chi connectivity index (χ0n) is 23.3. The van der Waals surface area contributed by atoms with Crippen LogP contribution in [0.3, 0.4) is 0 Å². The monoisotopic (exact) mass is 555 g/mol. The van der Waals surface area contributed by atoms with Crippen LogP contribution < -0.4 is 9.64 Å². The highest BCUT2D eigenvalue weighted by Gasteiger charge is 2.74. The number of thioether (sulfide) groups is 1. The molecule has 3 saturated heterocycles. The molecule has 3 heterocycles. The van der Waals surface area contributed by atoms with Gasteiger partial charge in [0, 0.05) is 30.6 Å². The van der Waals surface area contributed by atoms with Crippen LogP contribution in [0, 0.1) is 11.8 Å². The molecule has 212 valence electrons. The highest BCUT2D eigenvalue weighted by Crippen LogP contribution is 2.67. The number of ether oxygens (including phenoxy) is 1. The van der Waals surface area contributed by atoms with E-state index in [1.807, 2.05) is 26.0 Å². The molecular weight excluding hydrogens is 514 g/mol. The van der Waals surface area contributed by atoms with Gasteiger partial charge in [0.1, 0.15) is 11.8 Å². The summed E-state index contributed by atoms with van der Waals surface area (Å²) in [4.78, 5) is 47.9. The number of anilines is 1. The number of carbonyl (C=O) groups is 3. The molecule has 3 fully saturated rings.